The number of para-hydroxylation sites is 1. The molecule has 0 aliphatic carbocycles. The SMILES string of the molecule is Cc1cc(OCCCc2c3n(c4c(-c5c(C)ncnc5C)cccc24)[C@H](C)C(Cl)N(c2nn(C)c4cccc(C(=O)O)c24)C3=O)cc(C)c1Cl. The zero-order chi connectivity index (χ0) is 35.6. The Balaban J connectivity index is 1.39. The number of fused-ring (bicyclic) bond motifs is 4. The van der Waals surface area contributed by atoms with Crippen LogP contribution >= 0.6 is 23.2 Å². The summed E-state index contributed by atoms with van der Waals surface area (Å²) in [6.45, 7) is 10.2. The van der Waals surface area contributed by atoms with Gasteiger partial charge in [0.15, 0.2) is 5.82 Å². The average molecular weight is 712 g/mol. The number of hydrogen-bond donors (Lipinski definition) is 1. The van der Waals surface area contributed by atoms with Gasteiger partial charge in [-0.3, -0.25) is 14.4 Å². The van der Waals surface area contributed by atoms with Crippen LogP contribution in [0.1, 0.15) is 68.3 Å². The first-order chi connectivity index (χ1) is 23.9. The first kappa shape index (κ1) is 33.6. The van der Waals surface area contributed by atoms with Crippen molar-refractivity contribution in [2.45, 2.75) is 59.0 Å². The van der Waals surface area contributed by atoms with Gasteiger partial charge in [-0.1, -0.05) is 47.5 Å². The molecule has 50 heavy (non-hydrogen) atoms. The van der Waals surface area contributed by atoms with Crippen molar-refractivity contribution in [3.8, 4) is 16.9 Å². The third-order valence-corrected chi connectivity index (χ3v) is 10.8. The number of aryl methyl sites for hydroxylation is 6. The van der Waals surface area contributed by atoms with E-state index < -0.39 is 17.5 Å². The van der Waals surface area contributed by atoms with Crippen molar-refractivity contribution in [2.75, 3.05) is 11.5 Å². The zero-order valence-electron chi connectivity index (χ0n) is 28.6. The molecule has 256 valence electrons. The number of aromatic nitrogens is 5. The number of carbonyl (C=O) groups is 2. The lowest BCUT2D eigenvalue weighted by molar-refractivity contribution is 0.0698. The standard InChI is InChI=1S/C38H36Cl2N6O4/c1-19-16-24(17-20(2)32(19)39)50-15-9-13-26-25-10-7-11-27(30-21(3)41-18-42-22(30)4)33(25)45-23(5)35(40)46(37(47)34(26)45)36-31-28(38(48)49)12-8-14-29(31)44(6)43-36/h7-8,10-12,14,16-18,23,35H,9,13,15H2,1-6H3,(H,48,49)/t23-,35?/m1/s1. The average Bonchev–Trinajstić information content (AvgIpc) is 3.59. The van der Waals surface area contributed by atoms with Gasteiger partial charge in [-0.2, -0.15) is 5.10 Å². The molecule has 1 aliphatic rings. The summed E-state index contributed by atoms with van der Waals surface area (Å²) in [4.78, 5) is 37.8. The van der Waals surface area contributed by atoms with Crippen LogP contribution in [-0.4, -0.2) is 53.4 Å². The molecular formula is C38H36Cl2N6O4. The largest absolute Gasteiger partial charge is 0.494 e. The zero-order valence-corrected chi connectivity index (χ0v) is 30.1. The fraction of sp³-hybridized carbons (Fsp3) is 0.289. The highest BCUT2D eigenvalue weighted by molar-refractivity contribution is 6.32. The molecule has 4 heterocycles. The van der Waals surface area contributed by atoms with Gasteiger partial charge in [0, 0.05) is 40.0 Å². The van der Waals surface area contributed by atoms with Crippen LogP contribution in [0, 0.1) is 27.7 Å². The molecule has 1 unspecified atom stereocenters. The van der Waals surface area contributed by atoms with Crippen LogP contribution in [0.3, 0.4) is 0 Å². The fourth-order valence-corrected chi connectivity index (χ4v) is 7.76. The minimum Gasteiger partial charge on any atom is -0.494 e. The van der Waals surface area contributed by atoms with Crippen LogP contribution in [0.5, 0.6) is 5.75 Å². The molecule has 0 bridgehead atoms. The first-order valence-electron chi connectivity index (χ1n) is 16.4. The van der Waals surface area contributed by atoms with Crippen LogP contribution in [0.4, 0.5) is 5.82 Å². The van der Waals surface area contributed by atoms with Crippen LogP contribution in [0.2, 0.25) is 5.02 Å². The van der Waals surface area contributed by atoms with Gasteiger partial charge >= 0.3 is 5.97 Å². The van der Waals surface area contributed by atoms with Gasteiger partial charge < -0.3 is 14.4 Å². The van der Waals surface area contributed by atoms with E-state index in [9.17, 15) is 14.7 Å². The molecule has 0 saturated heterocycles. The molecule has 12 heteroatoms. The molecule has 10 nitrogen and oxygen atoms in total. The number of anilines is 1. The first-order valence-corrected chi connectivity index (χ1v) is 17.2. The summed E-state index contributed by atoms with van der Waals surface area (Å²) in [5.41, 5.74) is 7.28. The van der Waals surface area contributed by atoms with E-state index >= 15 is 0 Å². The minimum atomic E-state index is -1.12. The number of hydrogen-bond acceptors (Lipinski definition) is 6. The van der Waals surface area contributed by atoms with Crippen molar-refractivity contribution < 1.29 is 19.4 Å². The summed E-state index contributed by atoms with van der Waals surface area (Å²) in [6, 6.07) is 14.4. The van der Waals surface area contributed by atoms with Crippen molar-refractivity contribution in [1.82, 2.24) is 24.3 Å². The smallest absolute Gasteiger partial charge is 0.336 e. The lowest BCUT2D eigenvalue weighted by Gasteiger charge is -2.37. The Morgan fingerprint density at radius 2 is 1.70 bits per heavy atom. The Morgan fingerprint density at radius 3 is 2.38 bits per heavy atom. The third-order valence-electron chi connectivity index (χ3n) is 9.67. The van der Waals surface area contributed by atoms with E-state index in [1.807, 2.05) is 69.5 Å². The molecule has 0 saturated carbocycles. The number of carboxylic acid groups (broad SMARTS) is 1. The number of nitrogens with zero attached hydrogens (tertiary/aromatic N) is 6. The molecule has 0 spiro atoms. The summed E-state index contributed by atoms with van der Waals surface area (Å²) < 4.78 is 9.80. The van der Waals surface area contributed by atoms with Crippen molar-refractivity contribution in [3.05, 3.63) is 99.2 Å². The number of benzene rings is 3. The normalized spacial score (nSPS) is 16.0. The van der Waals surface area contributed by atoms with E-state index in [0.717, 1.165) is 60.9 Å². The molecule has 0 radical (unpaired) electrons. The van der Waals surface area contributed by atoms with Gasteiger partial charge in [0.1, 0.15) is 23.3 Å². The number of alkyl halides is 1. The Morgan fingerprint density at radius 1 is 1.02 bits per heavy atom. The topological polar surface area (TPSA) is 115 Å². The van der Waals surface area contributed by atoms with E-state index in [4.69, 9.17) is 27.9 Å². The highest BCUT2D eigenvalue weighted by Gasteiger charge is 2.43. The minimum absolute atomic E-state index is 0.0448. The van der Waals surface area contributed by atoms with Crippen LogP contribution in [-0.2, 0) is 13.5 Å². The molecule has 2 atom stereocenters. The summed E-state index contributed by atoms with van der Waals surface area (Å²) in [5.74, 6) is -0.527. The van der Waals surface area contributed by atoms with Gasteiger partial charge in [-0.15, -0.1) is 0 Å². The highest BCUT2D eigenvalue weighted by Crippen LogP contribution is 2.45. The fourth-order valence-electron chi connectivity index (χ4n) is 7.35. The van der Waals surface area contributed by atoms with Gasteiger partial charge in [0.25, 0.3) is 5.91 Å². The number of carboxylic acids is 1. The monoisotopic (exact) mass is 710 g/mol. The van der Waals surface area contributed by atoms with E-state index in [-0.39, 0.29) is 17.3 Å². The Labute approximate surface area is 299 Å². The molecule has 1 amide bonds. The maximum Gasteiger partial charge on any atom is 0.336 e. The second-order valence-corrected chi connectivity index (χ2v) is 13.7. The summed E-state index contributed by atoms with van der Waals surface area (Å²) in [5, 5.41) is 16.8. The molecule has 1 aliphatic heterocycles. The molecule has 7 rings (SSSR count). The van der Waals surface area contributed by atoms with Crippen LogP contribution in [0.25, 0.3) is 32.9 Å². The maximum absolute atomic E-state index is 15.0. The Hall–Kier alpha value is -4.93. The van der Waals surface area contributed by atoms with Gasteiger partial charge in [0.2, 0.25) is 0 Å². The highest BCUT2D eigenvalue weighted by atomic mass is 35.5. The second-order valence-electron chi connectivity index (χ2n) is 12.9. The molecule has 6 aromatic rings. The number of amides is 1. The summed E-state index contributed by atoms with van der Waals surface area (Å²) in [7, 11) is 1.73. The maximum atomic E-state index is 15.0. The second kappa shape index (κ2) is 12.8. The molecule has 3 aromatic carbocycles. The van der Waals surface area contributed by atoms with Crippen molar-refractivity contribution in [2.24, 2.45) is 7.05 Å². The third kappa shape index (κ3) is 5.29. The van der Waals surface area contributed by atoms with Gasteiger partial charge in [0.05, 0.1) is 34.6 Å². The lowest BCUT2D eigenvalue weighted by Crippen LogP contribution is -2.48. The summed E-state index contributed by atoms with van der Waals surface area (Å²) in [6.07, 6.45) is 2.70. The number of rotatable bonds is 8. The molecule has 0 fully saturated rings. The van der Waals surface area contributed by atoms with E-state index in [1.165, 1.54) is 11.0 Å². The predicted octanol–water partition coefficient (Wildman–Crippen LogP) is 8.37. The summed E-state index contributed by atoms with van der Waals surface area (Å²) >= 11 is 13.6. The van der Waals surface area contributed by atoms with Crippen LogP contribution in [0.15, 0.2) is 54.9 Å². The van der Waals surface area contributed by atoms with Crippen molar-refractivity contribution in [1.29, 1.82) is 0 Å². The van der Waals surface area contributed by atoms with Gasteiger partial charge in [-0.25, -0.2) is 14.8 Å². The van der Waals surface area contributed by atoms with Crippen molar-refractivity contribution >= 4 is 62.7 Å². The number of aromatic carboxylic acids is 1. The van der Waals surface area contributed by atoms with E-state index in [2.05, 4.69) is 15.1 Å². The Bertz CT molecular complexity index is 2320. The number of carbonyl (C=O) groups excluding carboxylic acids is 1. The van der Waals surface area contributed by atoms with Crippen molar-refractivity contribution in [3.63, 3.8) is 0 Å². The van der Waals surface area contributed by atoms with E-state index in [1.54, 1.807) is 30.2 Å². The molecule has 1 N–H and O–H groups in total. The molecule has 3 aromatic heterocycles. The van der Waals surface area contributed by atoms with Crippen LogP contribution < -0.4 is 9.64 Å². The predicted molar refractivity (Wildman–Crippen MR) is 196 cm³/mol. The van der Waals surface area contributed by atoms with E-state index in [0.29, 0.717) is 36.0 Å². The quantitative estimate of drug-likeness (QED) is 0.0959. The number of ether oxygens (including phenoxy) is 1. The number of halogens is 2. The lowest BCUT2D eigenvalue weighted by atomic mass is 9.98. The Kier molecular flexibility index (Phi) is 8.56. The molecular weight excluding hydrogens is 675 g/mol. The van der Waals surface area contributed by atoms with Gasteiger partial charge in [-0.05, 0) is 88.4 Å².